The summed E-state index contributed by atoms with van der Waals surface area (Å²) in [5.41, 5.74) is 1.99. The SMILES string of the molecule is Cc1[nH]cnc1CCl.Cl. The number of rotatable bonds is 1. The minimum absolute atomic E-state index is 0. The first-order valence-electron chi connectivity index (χ1n) is 2.39. The molecule has 1 heterocycles. The van der Waals surface area contributed by atoms with Crippen LogP contribution in [-0.4, -0.2) is 9.97 Å². The topological polar surface area (TPSA) is 28.7 Å². The summed E-state index contributed by atoms with van der Waals surface area (Å²) in [6.07, 6.45) is 1.65. The van der Waals surface area contributed by atoms with Gasteiger partial charge in [-0.3, -0.25) is 0 Å². The van der Waals surface area contributed by atoms with Crippen LogP contribution >= 0.6 is 24.0 Å². The van der Waals surface area contributed by atoms with Gasteiger partial charge in [-0.15, -0.1) is 24.0 Å². The fraction of sp³-hybridized carbons (Fsp3) is 0.400. The summed E-state index contributed by atoms with van der Waals surface area (Å²) < 4.78 is 0. The lowest BCUT2D eigenvalue weighted by molar-refractivity contribution is 1.18. The summed E-state index contributed by atoms with van der Waals surface area (Å²) in [5, 5.41) is 0. The smallest absolute Gasteiger partial charge is 0.0925 e. The number of alkyl halides is 1. The molecule has 2 nitrogen and oxygen atoms in total. The molecule has 0 spiro atoms. The van der Waals surface area contributed by atoms with Gasteiger partial charge in [0.15, 0.2) is 0 Å². The maximum absolute atomic E-state index is 5.49. The summed E-state index contributed by atoms with van der Waals surface area (Å²) in [6, 6.07) is 0. The average Bonchev–Trinajstić information content (AvgIpc) is 2.14. The van der Waals surface area contributed by atoms with E-state index < -0.39 is 0 Å². The Kier molecular flexibility index (Phi) is 3.66. The first kappa shape index (κ1) is 8.79. The predicted molar refractivity (Wildman–Crippen MR) is 40.1 cm³/mol. The van der Waals surface area contributed by atoms with Crippen LogP contribution in [0.25, 0.3) is 0 Å². The van der Waals surface area contributed by atoms with Gasteiger partial charge in [0.2, 0.25) is 0 Å². The minimum Gasteiger partial charge on any atom is -0.348 e. The van der Waals surface area contributed by atoms with E-state index in [2.05, 4.69) is 9.97 Å². The van der Waals surface area contributed by atoms with Gasteiger partial charge < -0.3 is 4.98 Å². The number of hydrogen-bond donors (Lipinski definition) is 1. The highest BCUT2D eigenvalue weighted by Gasteiger charge is 1.94. The van der Waals surface area contributed by atoms with Crippen molar-refractivity contribution in [3.8, 4) is 0 Å². The molecular formula is C5H8Cl2N2. The van der Waals surface area contributed by atoms with E-state index in [1.165, 1.54) is 0 Å². The van der Waals surface area contributed by atoms with Crippen molar-refractivity contribution in [1.82, 2.24) is 9.97 Å². The fourth-order valence-corrected chi connectivity index (χ4v) is 0.791. The van der Waals surface area contributed by atoms with E-state index in [1.807, 2.05) is 6.92 Å². The Morgan fingerprint density at radius 2 is 2.44 bits per heavy atom. The predicted octanol–water partition coefficient (Wildman–Crippen LogP) is 1.88. The summed E-state index contributed by atoms with van der Waals surface area (Å²) in [6.45, 7) is 1.95. The Labute approximate surface area is 65.0 Å². The molecule has 0 aromatic carbocycles. The molecule has 1 aromatic heterocycles. The Morgan fingerprint density at radius 3 is 2.67 bits per heavy atom. The van der Waals surface area contributed by atoms with E-state index in [0.717, 1.165) is 11.4 Å². The highest BCUT2D eigenvalue weighted by molar-refractivity contribution is 6.16. The molecule has 0 radical (unpaired) electrons. The first-order valence-corrected chi connectivity index (χ1v) is 2.93. The Balaban J connectivity index is 0.000000640. The van der Waals surface area contributed by atoms with E-state index in [9.17, 15) is 0 Å². The molecule has 4 heteroatoms. The van der Waals surface area contributed by atoms with Gasteiger partial charge in [0.05, 0.1) is 17.9 Å². The fourth-order valence-electron chi connectivity index (χ4n) is 0.522. The molecule has 0 atom stereocenters. The molecule has 9 heavy (non-hydrogen) atoms. The second-order valence-corrected chi connectivity index (χ2v) is 1.88. The maximum Gasteiger partial charge on any atom is 0.0925 e. The monoisotopic (exact) mass is 166 g/mol. The number of nitrogens with one attached hydrogen (secondary N) is 1. The molecule has 0 amide bonds. The molecule has 0 aliphatic heterocycles. The minimum atomic E-state index is 0. The number of aryl methyl sites for hydroxylation is 1. The van der Waals surface area contributed by atoms with Gasteiger partial charge in [-0.25, -0.2) is 4.98 Å². The third kappa shape index (κ3) is 1.88. The number of H-pyrrole nitrogens is 1. The molecule has 1 N–H and O–H groups in total. The van der Waals surface area contributed by atoms with Crippen LogP contribution in [0.1, 0.15) is 11.4 Å². The van der Waals surface area contributed by atoms with Crippen molar-refractivity contribution in [3.63, 3.8) is 0 Å². The van der Waals surface area contributed by atoms with E-state index in [4.69, 9.17) is 11.6 Å². The molecule has 0 fully saturated rings. The number of imidazole rings is 1. The van der Waals surface area contributed by atoms with E-state index in [0.29, 0.717) is 5.88 Å². The summed E-state index contributed by atoms with van der Waals surface area (Å²) >= 11 is 5.49. The molecule has 0 saturated heterocycles. The molecule has 0 bridgehead atoms. The zero-order valence-electron chi connectivity index (χ0n) is 5.02. The van der Waals surface area contributed by atoms with Crippen molar-refractivity contribution in [3.05, 3.63) is 17.7 Å². The van der Waals surface area contributed by atoms with Crippen LogP contribution in [0.4, 0.5) is 0 Å². The maximum atomic E-state index is 5.49. The lowest BCUT2D eigenvalue weighted by Gasteiger charge is -1.84. The number of halogens is 2. The first-order chi connectivity index (χ1) is 3.84. The Hall–Kier alpha value is -0.210. The standard InChI is InChI=1S/C5H7ClN2.ClH/c1-4-5(2-6)8-3-7-4;/h3H,2H2,1H3,(H,7,8);1H. The number of hydrogen-bond acceptors (Lipinski definition) is 1. The molecule has 52 valence electrons. The molecule has 0 saturated carbocycles. The van der Waals surface area contributed by atoms with Crippen LogP contribution in [-0.2, 0) is 5.88 Å². The second kappa shape index (κ2) is 3.75. The van der Waals surface area contributed by atoms with Crippen LogP contribution in [0.5, 0.6) is 0 Å². The number of aromatic amines is 1. The highest BCUT2D eigenvalue weighted by Crippen LogP contribution is 2.02. The third-order valence-corrected chi connectivity index (χ3v) is 1.31. The quantitative estimate of drug-likeness (QED) is 0.635. The van der Waals surface area contributed by atoms with Gasteiger partial charge in [0.25, 0.3) is 0 Å². The lowest BCUT2D eigenvalue weighted by atomic mass is 10.4. The van der Waals surface area contributed by atoms with Crippen LogP contribution < -0.4 is 0 Å². The van der Waals surface area contributed by atoms with Crippen molar-refractivity contribution < 1.29 is 0 Å². The molecule has 0 aliphatic carbocycles. The second-order valence-electron chi connectivity index (χ2n) is 1.61. The lowest BCUT2D eigenvalue weighted by Crippen LogP contribution is -1.79. The number of aromatic nitrogens is 2. The summed E-state index contributed by atoms with van der Waals surface area (Å²) in [5.74, 6) is 0.495. The van der Waals surface area contributed by atoms with Gasteiger partial charge in [0.1, 0.15) is 0 Å². The van der Waals surface area contributed by atoms with Crippen LogP contribution in [0.3, 0.4) is 0 Å². The van der Waals surface area contributed by atoms with Gasteiger partial charge in [-0.2, -0.15) is 0 Å². The van der Waals surface area contributed by atoms with Crippen molar-refractivity contribution in [2.24, 2.45) is 0 Å². The molecule has 0 unspecified atom stereocenters. The molecule has 1 aromatic rings. The average molecular weight is 167 g/mol. The zero-order valence-corrected chi connectivity index (χ0v) is 6.59. The van der Waals surface area contributed by atoms with Crippen molar-refractivity contribution >= 4 is 24.0 Å². The van der Waals surface area contributed by atoms with Crippen LogP contribution in [0, 0.1) is 6.92 Å². The normalized spacial score (nSPS) is 8.67. The highest BCUT2D eigenvalue weighted by atomic mass is 35.5. The van der Waals surface area contributed by atoms with Crippen molar-refractivity contribution in [2.75, 3.05) is 0 Å². The van der Waals surface area contributed by atoms with Crippen LogP contribution in [0.2, 0.25) is 0 Å². The van der Waals surface area contributed by atoms with Crippen molar-refractivity contribution in [1.29, 1.82) is 0 Å². The van der Waals surface area contributed by atoms with Gasteiger partial charge in [-0.05, 0) is 6.92 Å². The molecule has 0 aliphatic rings. The van der Waals surface area contributed by atoms with E-state index in [-0.39, 0.29) is 12.4 Å². The van der Waals surface area contributed by atoms with E-state index >= 15 is 0 Å². The van der Waals surface area contributed by atoms with Gasteiger partial charge >= 0.3 is 0 Å². The van der Waals surface area contributed by atoms with Gasteiger partial charge in [-0.1, -0.05) is 0 Å². The largest absolute Gasteiger partial charge is 0.348 e. The third-order valence-electron chi connectivity index (χ3n) is 1.06. The summed E-state index contributed by atoms with van der Waals surface area (Å²) in [4.78, 5) is 6.87. The number of nitrogens with zero attached hydrogens (tertiary/aromatic N) is 1. The zero-order chi connectivity index (χ0) is 5.98. The van der Waals surface area contributed by atoms with Crippen LogP contribution in [0.15, 0.2) is 6.33 Å². The molecule has 1 rings (SSSR count). The van der Waals surface area contributed by atoms with Gasteiger partial charge in [0, 0.05) is 5.69 Å². The molecular weight excluding hydrogens is 159 g/mol. The van der Waals surface area contributed by atoms with Crippen molar-refractivity contribution in [2.45, 2.75) is 12.8 Å². The Bertz CT molecular complexity index is 173. The Morgan fingerprint density at radius 1 is 1.78 bits per heavy atom. The van der Waals surface area contributed by atoms with E-state index in [1.54, 1.807) is 6.33 Å². The summed E-state index contributed by atoms with van der Waals surface area (Å²) in [7, 11) is 0.